The van der Waals surface area contributed by atoms with E-state index in [0.29, 0.717) is 44.2 Å². The molecule has 0 radical (unpaired) electrons. The predicted molar refractivity (Wildman–Crippen MR) is 96.6 cm³/mol. The normalized spacial score (nSPS) is 14.6. The number of nitrogens with one attached hydrogen (secondary N) is 2. The van der Waals surface area contributed by atoms with Crippen LogP contribution in [0.3, 0.4) is 0 Å². The molecule has 4 amide bonds. The summed E-state index contributed by atoms with van der Waals surface area (Å²) >= 11 is 1.34. The first kappa shape index (κ1) is 19.2. The van der Waals surface area contributed by atoms with Crippen molar-refractivity contribution in [3.63, 3.8) is 0 Å². The van der Waals surface area contributed by atoms with Gasteiger partial charge in [-0.05, 0) is 20.3 Å². The number of thiazole rings is 1. The minimum Gasteiger partial charge on any atom is -0.339 e. The van der Waals surface area contributed by atoms with Crippen LogP contribution in [0.4, 0.5) is 9.93 Å². The van der Waals surface area contributed by atoms with Gasteiger partial charge < -0.3 is 15.1 Å². The topological polar surface area (TPSA) is 94.6 Å². The lowest BCUT2D eigenvalue weighted by molar-refractivity contribution is -0.138. The number of aromatic nitrogens is 1. The summed E-state index contributed by atoms with van der Waals surface area (Å²) in [5.41, 5.74) is 0.792. The van der Waals surface area contributed by atoms with Crippen molar-refractivity contribution < 1.29 is 14.4 Å². The Morgan fingerprint density at radius 2 is 1.84 bits per heavy atom. The smallest absolute Gasteiger partial charge is 0.321 e. The Kier molecular flexibility index (Phi) is 6.74. The number of aryl methyl sites for hydroxylation is 1. The Bertz CT molecular complexity index is 623. The van der Waals surface area contributed by atoms with Gasteiger partial charge in [0.15, 0.2) is 5.13 Å². The largest absolute Gasteiger partial charge is 0.339 e. The van der Waals surface area contributed by atoms with E-state index in [1.54, 1.807) is 16.7 Å². The number of carbonyl (C=O) groups is 3. The van der Waals surface area contributed by atoms with Crippen molar-refractivity contribution in [2.45, 2.75) is 39.7 Å². The van der Waals surface area contributed by atoms with E-state index in [0.717, 1.165) is 5.69 Å². The van der Waals surface area contributed by atoms with Gasteiger partial charge in [0.05, 0.1) is 5.69 Å². The third-order valence-corrected chi connectivity index (χ3v) is 4.67. The second kappa shape index (κ2) is 8.80. The predicted octanol–water partition coefficient (Wildman–Crippen LogP) is 1.30. The van der Waals surface area contributed by atoms with Gasteiger partial charge >= 0.3 is 6.03 Å². The first-order valence-corrected chi connectivity index (χ1v) is 9.28. The SMILES string of the molecule is CC(=O)N1CCN(C(=O)CCc2csc(NC(=O)NC(C)C)n2)CC1. The van der Waals surface area contributed by atoms with Gasteiger partial charge in [-0.3, -0.25) is 14.9 Å². The molecule has 0 atom stereocenters. The summed E-state index contributed by atoms with van der Waals surface area (Å²) in [5, 5.41) is 7.79. The van der Waals surface area contributed by atoms with Crippen molar-refractivity contribution in [3.05, 3.63) is 11.1 Å². The van der Waals surface area contributed by atoms with Crippen molar-refractivity contribution in [1.29, 1.82) is 0 Å². The summed E-state index contributed by atoms with van der Waals surface area (Å²) in [6.45, 7) is 7.67. The van der Waals surface area contributed by atoms with Crippen LogP contribution in [0.5, 0.6) is 0 Å². The van der Waals surface area contributed by atoms with E-state index in [9.17, 15) is 14.4 Å². The average Bonchev–Trinajstić information content (AvgIpc) is 2.99. The van der Waals surface area contributed by atoms with Crippen molar-refractivity contribution in [2.75, 3.05) is 31.5 Å². The van der Waals surface area contributed by atoms with E-state index in [1.807, 2.05) is 19.2 Å². The molecule has 2 heterocycles. The molecule has 8 nitrogen and oxygen atoms in total. The van der Waals surface area contributed by atoms with Crippen molar-refractivity contribution in [3.8, 4) is 0 Å². The number of nitrogens with zero attached hydrogens (tertiary/aromatic N) is 3. The van der Waals surface area contributed by atoms with Crippen LogP contribution in [0, 0.1) is 0 Å². The third-order valence-electron chi connectivity index (χ3n) is 3.86. The fraction of sp³-hybridized carbons (Fsp3) is 0.625. The molecule has 0 saturated carbocycles. The maximum atomic E-state index is 12.3. The lowest BCUT2D eigenvalue weighted by Gasteiger charge is -2.34. The summed E-state index contributed by atoms with van der Waals surface area (Å²) in [6.07, 6.45) is 0.914. The molecule has 9 heteroatoms. The van der Waals surface area contributed by atoms with Crippen LogP contribution in [0.2, 0.25) is 0 Å². The zero-order chi connectivity index (χ0) is 18.4. The summed E-state index contributed by atoms with van der Waals surface area (Å²) in [5.74, 6) is 0.124. The molecular weight excluding hydrogens is 342 g/mol. The number of piperazine rings is 1. The minimum atomic E-state index is -0.282. The molecule has 0 unspecified atom stereocenters. The van der Waals surface area contributed by atoms with Crippen LogP contribution in [-0.2, 0) is 16.0 Å². The van der Waals surface area contributed by atoms with Crippen LogP contribution in [0.25, 0.3) is 0 Å². The second-order valence-electron chi connectivity index (χ2n) is 6.28. The van der Waals surface area contributed by atoms with E-state index < -0.39 is 0 Å². The highest BCUT2D eigenvalue weighted by atomic mass is 32.1. The van der Waals surface area contributed by atoms with Gasteiger partial charge in [0, 0.05) is 50.9 Å². The van der Waals surface area contributed by atoms with Crippen molar-refractivity contribution >= 4 is 34.3 Å². The average molecular weight is 367 g/mol. The van der Waals surface area contributed by atoms with E-state index in [2.05, 4.69) is 15.6 Å². The monoisotopic (exact) mass is 367 g/mol. The molecule has 1 aliphatic heterocycles. The maximum absolute atomic E-state index is 12.3. The second-order valence-corrected chi connectivity index (χ2v) is 7.14. The van der Waals surface area contributed by atoms with E-state index in [1.165, 1.54) is 11.3 Å². The molecule has 1 saturated heterocycles. The van der Waals surface area contributed by atoms with E-state index in [-0.39, 0.29) is 23.9 Å². The number of rotatable bonds is 5. The van der Waals surface area contributed by atoms with E-state index >= 15 is 0 Å². The minimum absolute atomic E-state index is 0.0519. The van der Waals surface area contributed by atoms with Gasteiger partial charge in [0.25, 0.3) is 0 Å². The van der Waals surface area contributed by atoms with Gasteiger partial charge in [0.2, 0.25) is 11.8 Å². The molecule has 2 N–H and O–H groups in total. The van der Waals surface area contributed by atoms with Crippen LogP contribution in [0.1, 0.15) is 32.9 Å². The Labute approximate surface area is 151 Å². The number of carbonyl (C=O) groups excluding carboxylic acids is 3. The Hall–Kier alpha value is -2.16. The fourth-order valence-corrected chi connectivity index (χ4v) is 3.28. The molecule has 1 fully saturated rings. The van der Waals surface area contributed by atoms with Gasteiger partial charge in [0.1, 0.15) is 0 Å². The fourth-order valence-electron chi connectivity index (χ4n) is 2.54. The molecule has 0 bridgehead atoms. The van der Waals surface area contributed by atoms with Crippen molar-refractivity contribution in [2.24, 2.45) is 0 Å². The Morgan fingerprint density at radius 3 is 2.44 bits per heavy atom. The van der Waals surface area contributed by atoms with Crippen LogP contribution < -0.4 is 10.6 Å². The van der Waals surface area contributed by atoms with Gasteiger partial charge in [-0.1, -0.05) is 0 Å². The van der Waals surface area contributed by atoms with Crippen LogP contribution in [0.15, 0.2) is 5.38 Å². The van der Waals surface area contributed by atoms with Gasteiger partial charge in [-0.25, -0.2) is 9.78 Å². The lowest BCUT2D eigenvalue weighted by atomic mass is 10.2. The summed E-state index contributed by atoms with van der Waals surface area (Å²) in [4.78, 5) is 43.1. The highest BCUT2D eigenvalue weighted by Crippen LogP contribution is 2.17. The molecule has 138 valence electrons. The third kappa shape index (κ3) is 6.00. The molecule has 25 heavy (non-hydrogen) atoms. The zero-order valence-corrected chi connectivity index (χ0v) is 15.7. The maximum Gasteiger partial charge on any atom is 0.321 e. The highest BCUT2D eigenvalue weighted by molar-refractivity contribution is 7.13. The molecule has 1 aromatic heterocycles. The summed E-state index contributed by atoms with van der Waals surface area (Å²) in [7, 11) is 0. The number of hydrogen-bond donors (Lipinski definition) is 2. The summed E-state index contributed by atoms with van der Waals surface area (Å²) < 4.78 is 0. The van der Waals surface area contributed by atoms with Gasteiger partial charge in [-0.2, -0.15) is 0 Å². The summed E-state index contributed by atoms with van der Waals surface area (Å²) in [6, 6.07) is -0.226. The lowest BCUT2D eigenvalue weighted by Crippen LogP contribution is -2.50. The van der Waals surface area contributed by atoms with Crippen molar-refractivity contribution in [1.82, 2.24) is 20.1 Å². The molecule has 1 aromatic rings. The Morgan fingerprint density at radius 1 is 1.20 bits per heavy atom. The molecule has 0 spiro atoms. The molecule has 0 aromatic carbocycles. The Balaban J connectivity index is 1.75. The van der Waals surface area contributed by atoms with Crippen LogP contribution >= 0.6 is 11.3 Å². The van der Waals surface area contributed by atoms with Crippen LogP contribution in [-0.4, -0.2) is 64.9 Å². The molecule has 1 aliphatic rings. The first-order valence-electron chi connectivity index (χ1n) is 8.40. The number of amides is 4. The number of anilines is 1. The number of urea groups is 1. The molecular formula is C16H25N5O3S. The number of hydrogen-bond acceptors (Lipinski definition) is 5. The highest BCUT2D eigenvalue weighted by Gasteiger charge is 2.22. The standard InChI is InChI=1S/C16H25N5O3S/c1-11(2)17-15(24)19-16-18-13(10-25-16)4-5-14(23)21-8-6-20(7-9-21)12(3)22/h10-11H,4-9H2,1-3H3,(H2,17,18,19,24). The molecule has 2 rings (SSSR count). The first-order chi connectivity index (χ1) is 11.8. The molecule has 0 aliphatic carbocycles. The zero-order valence-electron chi connectivity index (χ0n) is 14.9. The van der Waals surface area contributed by atoms with Gasteiger partial charge in [-0.15, -0.1) is 11.3 Å². The quantitative estimate of drug-likeness (QED) is 0.820. The van der Waals surface area contributed by atoms with E-state index in [4.69, 9.17) is 0 Å².